The number of ether oxygens (including phenoxy) is 2. The second-order valence-corrected chi connectivity index (χ2v) is 5.22. The molecule has 0 unspecified atom stereocenters. The molecule has 0 aliphatic carbocycles. The molecule has 6 heteroatoms. The molecule has 2 aromatic rings. The first kappa shape index (κ1) is 17.4. The average molecular weight is 328 g/mol. The minimum atomic E-state index is -0.210. The number of carbonyl (C=O) groups is 1. The molecule has 0 spiro atoms. The van der Waals surface area contributed by atoms with E-state index >= 15 is 0 Å². The van der Waals surface area contributed by atoms with Crippen molar-refractivity contribution in [1.29, 1.82) is 5.26 Å². The molecule has 1 aromatic carbocycles. The van der Waals surface area contributed by atoms with Crippen LogP contribution >= 0.6 is 0 Å². The molecule has 0 saturated heterocycles. The fraction of sp³-hybridized carbons (Fsp3) is 0.333. The summed E-state index contributed by atoms with van der Waals surface area (Å²) in [6.07, 6.45) is 1.80. The topological polar surface area (TPSA) is 75.7 Å². The standard InChI is InChI=1S/C18H20N2O4/c1-13-16(22-2)10-14(11-17(13)23-3)18(21)20(8-5-7-19)12-15-6-4-9-24-15/h4,6,9-11H,5,8,12H2,1-3H3. The highest BCUT2D eigenvalue weighted by molar-refractivity contribution is 5.95. The summed E-state index contributed by atoms with van der Waals surface area (Å²) in [6.45, 7) is 2.47. The van der Waals surface area contributed by atoms with Crippen LogP contribution in [0.5, 0.6) is 11.5 Å². The molecule has 24 heavy (non-hydrogen) atoms. The molecule has 2 rings (SSSR count). The van der Waals surface area contributed by atoms with E-state index in [1.807, 2.05) is 6.92 Å². The first-order valence-corrected chi connectivity index (χ1v) is 7.52. The Bertz CT molecular complexity index is 707. The van der Waals surface area contributed by atoms with Gasteiger partial charge in [0.05, 0.1) is 39.5 Å². The van der Waals surface area contributed by atoms with Crippen molar-refractivity contribution in [2.24, 2.45) is 0 Å². The van der Waals surface area contributed by atoms with Crippen LogP contribution in [0.25, 0.3) is 0 Å². The lowest BCUT2D eigenvalue weighted by Gasteiger charge is -2.21. The number of hydrogen-bond acceptors (Lipinski definition) is 5. The molecule has 0 radical (unpaired) electrons. The van der Waals surface area contributed by atoms with E-state index in [0.717, 1.165) is 5.56 Å². The number of carbonyl (C=O) groups excluding carboxylic acids is 1. The summed E-state index contributed by atoms with van der Waals surface area (Å²) < 4.78 is 16.0. The van der Waals surface area contributed by atoms with Gasteiger partial charge in [0.1, 0.15) is 17.3 Å². The van der Waals surface area contributed by atoms with E-state index < -0.39 is 0 Å². The average Bonchev–Trinajstić information content (AvgIpc) is 3.11. The van der Waals surface area contributed by atoms with E-state index in [-0.39, 0.29) is 12.3 Å². The Morgan fingerprint density at radius 3 is 2.46 bits per heavy atom. The van der Waals surface area contributed by atoms with Crippen molar-refractivity contribution in [3.63, 3.8) is 0 Å². The van der Waals surface area contributed by atoms with E-state index in [9.17, 15) is 4.79 Å². The van der Waals surface area contributed by atoms with Crippen LogP contribution in [0.3, 0.4) is 0 Å². The van der Waals surface area contributed by atoms with E-state index in [1.54, 1.807) is 49.6 Å². The summed E-state index contributed by atoms with van der Waals surface area (Å²) in [5.41, 5.74) is 1.27. The summed E-state index contributed by atoms with van der Waals surface area (Å²) in [5.74, 6) is 1.61. The minimum Gasteiger partial charge on any atom is -0.496 e. The van der Waals surface area contributed by atoms with Crippen LogP contribution in [0.15, 0.2) is 34.9 Å². The largest absolute Gasteiger partial charge is 0.496 e. The summed E-state index contributed by atoms with van der Waals surface area (Å²) in [5, 5.41) is 8.84. The highest BCUT2D eigenvalue weighted by Gasteiger charge is 2.20. The van der Waals surface area contributed by atoms with Crippen LogP contribution in [0.2, 0.25) is 0 Å². The first-order chi connectivity index (χ1) is 11.6. The third-order valence-electron chi connectivity index (χ3n) is 3.71. The quantitative estimate of drug-likeness (QED) is 0.780. The van der Waals surface area contributed by atoms with Gasteiger partial charge in [0.15, 0.2) is 0 Å². The summed E-state index contributed by atoms with van der Waals surface area (Å²) in [4.78, 5) is 14.5. The zero-order valence-corrected chi connectivity index (χ0v) is 14.0. The summed E-state index contributed by atoms with van der Waals surface area (Å²) in [7, 11) is 3.10. The van der Waals surface area contributed by atoms with Gasteiger partial charge in [0.2, 0.25) is 0 Å². The highest BCUT2D eigenvalue weighted by Crippen LogP contribution is 2.30. The molecule has 0 N–H and O–H groups in total. The van der Waals surface area contributed by atoms with E-state index in [4.69, 9.17) is 19.2 Å². The fourth-order valence-corrected chi connectivity index (χ4v) is 2.42. The van der Waals surface area contributed by atoms with Gasteiger partial charge in [-0.3, -0.25) is 4.79 Å². The van der Waals surface area contributed by atoms with Crippen molar-refractivity contribution < 1.29 is 18.7 Å². The molecular formula is C18H20N2O4. The molecule has 0 saturated carbocycles. The number of methoxy groups -OCH3 is 2. The van der Waals surface area contributed by atoms with Crippen LogP contribution in [0, 0.1) is 18.3 Å². The molecule has 1 heterocycles. The maximum atomic E-state index is 12.9. The van der Waals surface area contributed by atoms with E-state index in [2.05, 4.69) is 6.07 Å². The minimum absolute atomic E-state index is 0.210. The number of benzene rings is 1. The van der Waals surface area contributed by atoms with Crippen LogP contribution in [-0.2, 0) is 6.54 Å². The van der Waals surface area contributed by atoms with Gasteiger partial charge in [-0.2, -0.15) is 5.26 Å². The van der Waals surface area contributed by atoms with Crippen LogP contribution in [0.4, 0.5) is 0 Å². The third kappa shape index (κ3) is 3.87. The molecule has 0 fully saturated rings. The second-order valence-electron chi connectivity index (χ2n) is 5.22. The number of nitrogens with zero attached hydrogens (tertiary/aromatic N) is 2. The lowest BCUT2D eigenvalue weighted by Crippen LogP contribution is -2.31. The fourth-order valence-electron chi connectivity index (χ4n) is 2.42. The predicted molar refractivity (Wildman–Crippen MR) is 88.0 cm³/mol. The van der Waals surface area contributed by atoms with E-state index in [1.165, 1.54) is 0 Å². The Kier molecular flexibility index (Phi) is 5.85. The van der Waals surface area contributed by atoms with Gasteiger partial charge >= 0.3 is 0 Å². The van der Waals surface area contributed by atoms with Crippen molar-refractivity contribution >= 4 is 5.91 Å². The molecule has 1 aromatic heterocycles. The monoisotopic (exact) mass is 328 g/mol. The Labute approximate surface area is 141 Å². The lowest BCUT2D eigenvalue weighted by molar-refractivity contribution is 0.0734. The van der Waals surface area contributed by atoms with Crippen molar-refractivity contribution in [2.45, 2.75) is 19.9 Å². The maximum absolute atomic E-state index is 12.9. The lowest BCUT2D eigenvalue weighted by atomic mass is 10.1. The molecule has 0 bridgehead atoms. The van der Waals surface area contributed by atoms with Gasteiger partial charge in [-0.05, 0) is 31.2 Å². The molecule has 126 valence electrons. The van der Waals surface area contributed by atoms with Crippen molar-refractivity contribution in [3.05, 3.63) is 47.4 Å². The maximum Gasteiger partial charge on any atom is 0.254 e. The van der Waals surface area contributed by atoms with Gasteiger partial charge in [-0.15, -0.1) is 0 Å². The SMILES string of the molecule is COc1cc(C(=O)N(CCC#N)Cc2ccco2)cc(OC)c1C. The molecule has 1 amide bonds. The zero-order chi connectivity index (χ0) is 17.5. The molecule has 0 aliphatic rings. The van der Waals surface area contributed by atoms with Gasteiger partial charge in [-0.25, -0.2) is 0 Å². The smallest absolute Gasteiger partial charge is 0.254 e. The van der Waals surface area contributed by atoms with Crippen molar-refractivity contribution in [2.75, 3.05) is 20.8 Å². The zero-order valence-electron chi connectivity index (χ0n) is 14.0. The molecule has 6 nitrogen and oxygen atoms in total. The summed E-state index contributed by atoms with van der Waals surface area (Å²) >= 11 is 0. The number of nitriles is 1. The van der Waals surface area contributed by atoms with Crippen molar-refractivity contribution in [3.8, 4) is 17.6 Å². The van der Waals surface area contributed by atoms with Gasteiger partial charge < -0.3 is 18.8 Å². The Morgan fingerprint density at radius 2 is 1.96 bits per heavy atom. The number of amides is 1. The Morgan fingerprint density at radius 1 is 1.29 bits per heavy atom. The predicted octanol–water partition coefficient (Wildman–Crippen LogP) is 3.16. The molecule has 0 atom stereocenters. The highest BCUT2D eigenvalue weighted by atomic mass is 16.5. The number of furan rings is 1. The van der Waals surface area contributed by atoms with Gasteiger partial charge in [0.25, 0.3) is 5.91 Å². The molecular weight excluding hydrogens is 308 g/mol. The van der Waals surface area contributed by atoms with E-state index in [0.29, 0.717) is 35.9 Å². The van der Waals surface area contributed by atoms with Crippen LogP contribution < -0.4 is 9.47 Å². The van der Waals surface area contributed by atoms with Crippen LogP contribution in [0.1, 0.15) is 28.1 Å². The number of rotatable bonds is 7. The molecule has 0 aliphatic heterocycles. The van der Waals surface area contributed by atoms with Crippen molar-refractivity contribution in [1.82, 2.24) is 4.90 Å². The number of hydrogen-bond donors (Lipinski definition) is 0. The first-order valence-electron chi connectivity index (χ1n) is 7.52. The second kappa shape index (κ2) is 8.06. The Hall–Kier alpha value is -2.94. The summed E-state index contributed by atoms with van der Waals surface area (Å²) in [6, 6.07) is 8.99. The normalized spacial score (nSPS) is 10.1. The van der Waals surface area contributed by atoms with Gasteiger partial charge in [-0.1, -0.05) is 0 Å². The third-order valence-corrected chi connectivity index (χ3v) is 3.71. The van der Waals surface area contributed by atoms with Crippen LogP contribution in [-0.4, -0.2) is 31.6 Å². The Balaban J connectivity index is 2.32. The van der Waals surface area contributed by atoms with Gasteiger partial charge in [0, 0.05) is 17.7 Å².